The number of rotatable bonds is 11. The number of nitrogens with one attached hydrogen (secondary N) is 1. The zero-order valence-electron chi connectivity index (χ0n) is 28.9. The van der Waals surface area contributed by atoms with E-state index in [1.807, 2.05) is 47.0 Å². The molecule has 2 atom stereocenters. The molecule has 0 bridgehead atoms. The number of benzene rings is 3. The monoisotopic (exact) mass is 663 g/mol. The first-order chi connectivity index (χ1) is 23.0. The van der Waals surface area contributed by atoms with E-state index in [0.29, 0.717) is 30.0 Å². The minimum absolute atomic E-state index is 0.111. The van der Waals surface area contributed by atoms with Crippen LogP contribution in [-0.2, 0) is 14.7 Å². The fraction of sp³-hybridized carbons (Fsp3) is 0.342. The molecule has 1 fully saturated rings. The molecule has 0 radical (unpaired) electrons. The van der Waals surface area contributed by atoms with Crippen molar-refractivity contribution in [1.29, 1.82) is 0 Å². The molecular weight excluding hydrogens is 619 g/mol. The predicted molar refractivity (Wildman–Crippen MR) is 192 cm³/mol. The molecule has 10 heteroatoms. The molecule has 48 heavy (non-hydrogen) atoms. The van der Waals surface area contributed by atoms with Gasteiger partial charge in [-0.15, -0.1) is 0 Å². The maximum absolute atomic E-state index is 6.54. The van der Waals surface area contributed by atoms with E-state index in [0.717, 1.165) is 33.8 Å². The number of hydrogen-bond acceptors (Lipinski definition) is 8. The maximum atomic E-state index is 6.54. The zero-order chi connectivity index (χ0) is 34.1. The third-order valence-corrected chi connectivity index (χ3v) is 14.3. The van der Waals surface area contributed by atoms with Crippen LogP contribution in [0.4, 0.5) is 5.82 Å². The Morgan fingerprint density at radius 2 is 1.44 bits per heavy atom. The van der Waals surface area contributed by atoms with Crippen LogP contribution in [0.5, 0.6) is 11.5 Å². The van der Waals surface area contributed by atoms with Gasteiger partial charge in [-0.2, -0.15) is 0 Å². The first-order valence-corrected chi connectivity index (χ1v) is 19.1. The lowest BCUT2D eigenvalue weighted by atomic mass is 9.77. The Morgan fingerprint density at radius 1 is 0.854 bits per heavy atom. The molecule has 0 saturated carbocycles. The van der Waals surface area contributed by atoms with Gasteiger partial charge in [-0.1, -0.05) is 81.9 Å². The number of methoxy groups -OCH3 is 2. The van der Waals surface area contributed by atoms with Crippen LogP contribution in [0.2, 0.25) is 18.1 Å². The molecule has 250 valence electrons. The fourth-order valence-corrected chi connectivity index (χ4v) is 6.93. The highest BCUT2D eigenvalue weighted by atomic mass is 28.4. The normalized spacial score (nSPS) is 17.1. The molecule has 2 aromatic heterocycles. The fourth-order valence-electron chi connectivity index (χ4n) is 5.93. The summed E-state index contributed by atoms with van der Waals surface area (Å²) in [5, 5.41) is 3.96. The summed E-state index contributed by atoms with van der Waals surface area (Å²) >= 11 is 0. The van der Waals surface area contributed by atoms with Crippen molar-refractivity contribution >= 4 is 25.3 Å². The van der Waals surface area contributed by atoms with E-state index in [2.05, 4.69) is 87.1 Å². The van der Waals surface area contributed by atoms with Gasteiger partial charge in [-0.25, -0.2) is 15.0 Å². The Morgan fingerprint density at radius 3 is 2.00 bits per heavy atom. The highest BCUT2D eigenvalue weighted by Crippen LogP contribution is 2.43. The molecule has 0 unspecified atom stereocenters. The smallest absolute Gasteiger partial charge is 0.192 e. The topological polar surface area (TPSA) is 92.6 Å². The summed E-state index contributed by atoms with van der Waals surface area (Å²) in [6, 6.07) is 26.5. The molecular formula is C38H45N5O4Si. The lowest BCUT2D eigenvalue weighted by Gasteiger charge is -2.37. The van der Waals surface area contributed by atoms with Crippen molar-refractivity contribution in [3.8, 4) is 11.5 Å². The Kier molecular flexibility index (Phi) is 9.17. The summed E-state index contributed by atoms with van der Waals surface area (Å²) in [6.45, 7) is 16.1. The molecule has 0 amide bonds. The first-order valence-electron chi connectivity index (χ1n) is 16.2. The maximum Gasteiger partial charge on any atom is 0.192 e. The van der Waals surface area contributed by atoms with Crippen molar-refractivity contribution < 1.29 is 18.6 Å². The summed E-state index contributed by atoms with van der Waals surface area (Å²) < 4.78 is 26.1. The van der Waals surface area contributed by atoms with Gasteiger partial charge in [0.25, 0.3) is 0 Å². The highest BCUT2D eigenvalue weighted by Gasteiger charge is 2.41. The van der Waals surface area contributed by atoms with Crippen molar-refractivity contribution in [2.24, 2.45) is 0 Å². The zero-order valence-corrected chi connectivity index (χ0v) is 29.9. The van der Waals surface area contributed by atoms with Crippen LogP contribution >= 0.6 is 0 Å². The minimum Gasteiger partial charge on any atom is -0.497 e. The van der Waals surface area contributed by atoms with Crippen LogP contribution in [0.15, 0.2) is 104 Å². The van der Waals surface area contributed by atoms with E-state index in [4.69, 9.17) is 28.6 Å². The van der Waals surface area contributed by atoms with Crippen LogP contribution in [-0.4, -0.2) is 54.8 Å². The van der Waals surface area contributed by atoms with Crippen LogP contribution < -0.4 is 14.8 Å². The van der Waals surface area contributed by atoms with Crippen LogP contribution in [0.1, 0.15) is 50.1 Å². The first kappa shape index (κ1) is 33.4. The predicted octanol–water partition coefficient (Wildman–Crippen LogP) is 8.11. The van der Waals surface area contributed by atoms with Gasteiger partial charge >= 0.3 is 0 Å². The largest absolute Gasteiger partial charge is 0.497 e. The van der Waals surface area contributed by atoms with E-state index in [1.54, 1.807) is 26.9 Å². The third kappa shape index (κ3) is 6.23. The number of nitrogens with zero attached hydrogens (tertiary/aromatic N) is 4. The van der Waals surface area contributed by atoms with E-state index >= 15 is 0 Å². The van der Waals surface area contributed by atoms with Gasteiger partial charge in [-0.3, -0.25) is 4.57 Å². The van der Waals surface area contributed by atoms with Crippen LogP contribution in [0.3, 0.4) is 0 Å². The molecule has 3 aromatic carbocycles. The van der Waals surface area contributed by atoms with Gasteiger partial charge in [-0.05, 0) is 64.7 Å². The average Bonchev–Trinajstić information content (AvgIpc) is 3.70. The lowest BCUT2D eigenvalue weighted by molar-refractivity contribution is -0.0122. The van der Waals surface area contributed by atoms with Crippen LogP contribution in [0, 0.1) is 0 Å². The van der Waals surface area contributed by atoms with Crippen LogP contribution in [0.25, 0.3) is 11.2 Å². The quantitative estimate of drug-likeness (QED) is 0.0861. The summed E-state index contributed by atoms with van der Waals surface area (Å²) in [5.41, 5.74) is 4.45. The number of aromatic nitrogens is 4. The van der Waals surface area contributed by atoms with Crippen molar-refractivity contribution in [3.63, 3.8) is 0 Å². The molecule has 1 saturated heterocycles. The van der Waals surface area contributed by atoms with Crippen molar-refractivity contribution in [3.05, 3.63) is 120 Å². The van der Waals surface area contributed by atoms with Gasteiger partial charge in [0.05, 0.1) is 27.2 Å². The Hall–Kier alpha value is -4.51. The summed E-state index contributed by atoms with van der Waals surface area (Å²) in [7, 11) is 1.40. The van der Waals surface area contributed by atoms with E-state index in [9.17, 15) is 0 Å². The van der Waals surface area contributed by atoms with Gasteiger partial charge < -0.3 is 24.0 Å². The van der Waals surface area contributed by atoms with E-state index in [-0.39, 0.29) is 17.4 Å². The molecule has 9 nitrogen and oxygen atoms in total. The summed E-state index contributed by atoms with van der Waals surface area (Å²) in [5.74, 6) is 2.12. The molecule has 1 aliphatic heterocycles. The van der Waals surface area contributed by atoms with Crippen molar-refractivity contribution in [2.75, 3.05) is 26.1 Å². The molecule has 0 spiro atoms. The minimum atomic E-state index is -1.94. The van der Waals surface area contributed by atoms with Gasteiger partial charge in [0.15, 0.2) is 25.3 Å². The molecule has 1 aliphatic rings. The Balaban J connectivity index is 1.40. The third-order valence-electron chi connectivity index (χ3n) is 9.84. The van der Waals surface area contributed by atoms with E-state index in [1.165, 1.54) is 0 Å². The second-order valence-corrected chi connectivity index (χ2v) is 18.6. The lowest BCUT2D eigenvalue weighted by Crippen LogP contribution is -2.42. The molecule has 0 aliphatic carbocycles. The van der Waals surface area contributed by atoms with Gasteiger partial charge in [0.1, 0.15) is 35.7 Å². The Labute approximate surface area is 284 Å². The molecule has 6 rings (SSSR count). The summed E-state index contributed by atoms with van der Waals surface area (Å²) in [4.78, 5) is 14.3. The molecule has 5 aromatic rings. The standard InChI is InChI=1S/C38H45N5O4Si/c1-26-22-33(47-32(26)23-46-48(7,8)37(2,3)4)43-25-41-34-35(39-24-40-36(34)43)42-38(27-12-10-9-11-13-27,28-14-18-30(44-5)19-15-28)29-16-20-31(45-6)21-17-29/h9-21,24-25,32-33H,1,22-23H2,2-8H3,(H,39,40,42)/t32-,33-/m0/s1. The van der Waals surface area contributed by atoms with Gasteiger partial charge in [0.2, 0.25) is 0 Å². The number of anilines is 1. The number of hydrogen-bond donors (Lipinski definition) is 1. The summed E-state index contributed by atoms with van der Waals surface area (Å²) in [6.07, 6.45) is 3.50. The van der Waals surface area contributed by atoms with Crippen molar-refractivity contribution in [2.45, 2.75) is 63.2 Å². The number of imidazole rings is 1. The number of fused-ring (bicyclic) bond motifs is 1. The van der Waals surface area contributed by atoms with Gasteiger partial charge in [0, 0.05) is 6.42 Å². The van der Waals surface area contributed by atoms with E-state index < -0.39 is 13.9 Å². The van der Waals surface area contributed by atoms with Crippen molar-refractivity contribution in [1.82, 2.24) is 19.5 Å². The average molecular weight is 664 g/mol. The molecule has 3 heterocycles. The highest BCUT2D eigenvalue weighted by molar-refractivity contribution is 6.74. The second kappa shape index (κ2) is 13.2. The number of ether oxygens (including phenoxy) is 3. The SMILES string of the molecule is C=C1C[C@@H](n2cnc3c(NC(c4ccccc4)(c4ccc(OC)cc4)c4ccc(OC)cc4)ncnc32)O[C@H]1CO[Si](C)(C)C(C)(C)C. The Bertz CT molecular complexity index is 1820. The second-order valence-electron chi connectivity index (χ2n) is 13.8. The molecule has 1 N–H and O–H groups in total.